The van der Waals surface area contributed by atoms with Crippen LogP contribution in [0.15, 0.2) is 113 Å². The molecule has 212 valence electrons. The summed E-state index contributed by atoms with van der Waals surface area (Å²) < 4.78 is 0. The van der Waals surface area contributed by atoms with Gasteiger partial charge in [-0.25, -0.2) is 4.99 Å². The normalized spacial score (nSPS) is 14.6. The number of para-hydroxylation sites is 1. The Bertz CT molecular complexity index is 1470. The summed E-state index contributed by atoms with van der Waals surface area (Å²) in [7, 11) is 4.15. The van der Waals surface area contributed by atoms with Gasteiger partial charge in [-0.1, -0.05) is 99.3 Å². The molecule has 5 rings (SSSR count). The first-order valence-electron chi connectivity index (χ1n) is 14.7. The molecule has 0 aromatic heterocycles. The van der Waals surface area contributed by atoms with Crippen molar-refractivity contribution in [1.29, 1.82) is 0 Å². The second-order valence-corrected chi connectivity index (χ2v) is 10.9. The van der Waals surface area contributed by atoms with Gasteiger partial charge < -0.3 is 9.80 Å². The largest absolute Gasteiger partial charge is 0.349 e. The van der Waals surface area contributed by atoms with Gasteiger partial charge in [0.1, 0.15) is 0 Å². The van der Waals surface area contributed by atoms with E-state index in [1.807, 2.05) is 30.3 Å². The van der Waals surface area contributed by atoms with Gasteiger partial charge >= 0.3 is 0 Å². The number of allylic oxidation sites excluding steroid dienone is 4. The number of fused-ring (bicyclic) bond motifs is 2. The average molecular weight is 545 g/mol. The molecule has 3 aromatic rings. The van der Waals surface area contributed by atoms with Crippen LogP contribution in [0.1, 0.15) is 54.5 Å². The summed E-state index contributed by atoms with van der Waals surface area (Å²) in [6.07, 6.45) is 5.58. The molecule has 0 unspecified atom stereocenters. The van der Waals surface area contributed by atoms with E-state index in [1.165, 1.54) is 33.4 Å². The minimum absolute atomic E-state index is 0.804. The highest BCUT2D eigenvalue weighted by atomic mass is 15.4. The molecule has 2 aliphatic heterocycles. The van der Waals surface area contributed by atoms with Crippen molar-refractivity contribution in [1.82, 2.24) is 9.80 Å². The lowest BCUT2D eigenvalue weighted by molar-refractivity contribution is 0.345. The fourth-order valence-electron chi connectivity index (χ4n) is 5.24. The minimum Gasteiger partial charge on any atom is -0.349 e. The van der Waals surface area contributed by atoms with E-state index in [1.54, 1.807) is 0 Å². The molecule has 0 bridgehead atoms. The van der Waals surface area contributed by atoms with Crippen molar-refractivity contribution in [3.63, 3.8) is 0 Å². The molecule has 2 heterocycles. The number of aliphatic imine (C=N–C) groups is 2. The summed E-state index contributed by atoms with van der Waals surface area (Å²) >= 11 is 0. The van der Waals surface area contributed by atoms with E-state index in [2.05, 4.69) is 106 Å². The molecule has 0 atom stereocenters. The van der Waals surface area contributed by atoms with E-state index in [4.69, 9.17) is 9.98 Å². The highest BCUT2D eigenvalue weighted by Gasteiger charge is 2.24. The lowest BCUT2D eigenvalue weighted by Gasteiger charge is -2.35. The molecule has 4 nitrogen and oxygen atoms in total. The van der Waals surface area contributed by atoms with E-state index >= 15 is 0 Å². The predicted octanol–water partition coefficient (Wildman–Crippen LogP) is 8.56. The quantitative estimate of drug-likeness (QED) is 0.177. The van der Waals surface area contributed by atoms with Crippen LogP contribution in [0.5, 0.6) is 0 Å². The highest BCUT2D eigenvalue weighted by molar-refractivity contribution is 6.08. The van der Waals surface area contributed by atoms with Crippen LogP contribution in [0.3, 0.4) is 0 Å². The van der Waals surface area contributed by atoms with E-state index < -0.39 is 0 Å². The lowest BCUT2D eigenvalue weighted by atomic mass is 9.94. The standard InChI is InChI=1S/C30H36N4.C7H8/c1-7-21(4)24-15-14-23-16-17-34(20-26(23)18-24)30(33(5)6)32-29(22(8-2)9-3)28-19-25-12-10-11-13-27(25)31-28;1-7-5-3-2-4-6-7/h8,10-15,18H,2,4,7,9,16-17,19-20H2,1,3,5-6H3;2-6H,1H3/b29-22+,32-30?;. The van der Waals surface area contributed by atoms with Crippen molar-refractivity contribution in [2.45, 2.75) is 53.0 Å². The predicted molar refractivity (Wildman–Crippen MR) is 177 cm³/mol. The molecule has 3 aromatic carbocycles. The van der Waals surface area contributed by atoms with Crippen LogP contribution in [-0.4, -0.2) is 42.1 Å². The second-order valence-electron chi connectivity index (χ2n) is 10.9. The lowest BCUT2D eigenvalue weighted by Crippen LogP contribution is -2.43. The molecular weight excluding hydrogens is 500 g/mol. The zero-order valence-electron chi connectivity index (χ0n) is 25.5. The summed E-state index contributed by atoms with van der Waals surface area (Å²) in [5, 5.41) is 0. The molecule has 0 fully saturated rings. The van der Waals surface area contributed by atoms with Crippen LogP contribution in [0.25, 0.3) is 5.57 Å². The first kappa shape index (κ1) is 29.8. The third-order valence-electron chi connectivity index (χ3n) is 7.70. The molecule has 2 aliphatic rings. The van der Waals surface area contributed by atoms with Gasteiger partial charge in [-0.05, 0) is 71.7 Å². The summed E-state index contributed by atoms with van der Waals surface area (Å²) in [5.41, 5.74) is 11.9. The van der Waals surface area contributed by atoms with Crippen LogP contribution in [0.2, 0.25) is 0 Å². The fraction of sp³-hybridized carbons (Fsp3) is 0.297. The van der Waals surface area contributed by atoms with Crippen molar-refractivity contribution in [2.24, 2.45) is 9.98 Å². The van der Waals surface area contributed by atoms with Crippen molar-refractivity contribution < 1.29 is 0 Å². The van der Waals surface area contributed by atoms with Crippen LogP contribution in [0, 0.1) is 6.92 Å². The Morgan fingerprint density at radius 3 is 2.29 bits per heavy atom. The SMILES string of the molecule is C=C/C(CC)=C(\N=C(N(C)C)N1CCc2ccc(C(=C)CC)cc2C1)C1=Nc2ccccc2C1.Cc1ccccc1. The number of rotatable bonds is 6. The molecule has 0 saturated carbocycles. The Labute approximate surface area is 247 Å². The smallest absolute Gasteiger partial charge is 0.201 e. The van der Waals surface area contributed by atoms with E-state index in [-0.39, 0.29) is 0 Å². The van der Waals surface area contributed by atoms with Gasteiger partial charge in [0.05, 0.1) is 17.1 Å². The molecule has 0 saturated heterocycles. The maximum atomic E-state index is 5.28. The van der Waals surface area contributed by atoms with Crippen molar-refractivity contribution >= 4 is 22.9 Å². The van der Waals surface area contributed by atoms with Gasteiger partial charge in [-0.3, -0.25) is 4.99 Å². The van der Waals surface area contributed by atoms with Crippen molar-refractivity contribution in [3.8, 4) is 0 Å². The van der Waals surface area contributed by atoms with Crippen molar-refractivity contribution in [3.05, 3.63) is 131 Å². The van der Waals surface area contributed by atoms with Gasteiger partial charge in [0.25, 0.3) is 0 Å². The van der Waals surface area contributed by atoms with Gasteiger partial charge in [-0.2, -0.15) is 0 Å². The van der Waals surface area contributed by atoms with Crippen LogP contribution >= 0.6 is 0 Å². The van der Waals surface area contributed by atoms with E-state index in [0.717, 1.165) is 67.4 Å². The van der Waals surface area contributed by atoms with Crippen LogP contribution < -0.4 is 0 Å². The Kier molecular flexibility index (Phi) is 10.1. The number of hydrogen-bond acceptors (Lipinski definition) is 2. The summed E-state index contributed by atoms with van der Waals surface area (Å²) in [6.45, 7) is 16.5. The van der Waals surface area contributed by atoms with Crippen molar-refractivity contribution in [2.75, 3.05) is 20.6 Å². The maximum absolute atomic E-state index is 5.28. The Morgan fingerprint density at radius 2 is 1.68 bits per heavy atom. The molecule has 0 aliphatic carbocycles. The van der Waals surface area contributed by atoms with Crippen LogP contribution in [0.4, 0.5) is 5.69 Å². The van der Waals surface area contributed by atoms with Gasteiger partial charge in [0, 0.05) is 33.6 Å². The average Bonchev–Trinajstić information content (AvgIpc) is 3.43. The molecule has 0 amide bonds. The highest BCUT2D eigenvalue weighted by Crippen LogP contribution is 2.31. The van der Waals surface area contributed by atoms with Crippen LogP contribution in [-0.2, 0) is 19.4 Å². The van der Waals surface area contributed by atoms with E-state index in [0.29, 0.717) is 0 Å². The molecular formula is C37H44N4. The fourth-order valence-corrected chi connectivity index (χ4v) is 5.24. The first-order valence-corrected chi connectivity index (χ1v) is 14.7. The Balaban J connectivity index is 0.000000483. The molecule has 4 heteroatoms. The topological polar surface area (TPSA) is 31.2 Å². The number of guanidine groups is 1. The third-order valence-corrected chi connectivity index (χ3v) is 7.70. The third kappa shape index (κ3) is 7.32. The monoisotopic (exact) mass is 544 g/mol. The number of benzene rings is 3. The maximum Gasteiger partial charge on any atom is 0.201 e. The Hall–Kier alpha value is -4.18. The van der Waals surface area contributed by atoms with Gasteiger partial charge in [0.15, 0.2) is 0 Å². The van der Waals surface area contributed by atoms with Gasteiger partial charge in [0.2, 0.25) is 5.96 Å². The summed E-state index contributed by atoms with van der Waals surface area (Å²) in [5.74, 6) is 0.965. The Morgan fingerprint density at radius 1 is 0.951 bits per heavy atom. The molecule has 41 heavy (non-hydrogen) atoms. The first-order chi connectivity index (χ1) is 19.8. The van der Waals surface area contributed by atoms with E-state index in [9.17, 15) is 0 Å². The zero-order valence-corrected chi connectivity index (χ0v) is 25.5. The summed E-state index contributed by atoms with van der Waals surface area (Å²) in [6, 6.07) is 25.4. The molecule has 0 spiro atoms. The summed E-state index contributed by atoms with van der Waals surface area (Å²) in [4.78, 5) is 14.8. The number of nitrogens with zero attached hydrogens (tertiary/aromatic N) is 4. The molecule has 0 radical (unpaired) electrons. The number of hydrogen-bond donors (Lipinski definition) is 0. The number of aryl methyl sites for hydroxylation is 1. The molecule has 0 N–H and O–H groups in total. The van der Waals surface area contributed by atoms with Gasteiger partial charge in [-0.15, -0.1) is 0 Å². The minimum atomic E-state index is 0.804. The second kappa shape index (κ2) is 13.9. The zero-order chi connectivity index (χ0) is 29.4.